The van der Waals surface area contributed by atoms with Crippen LogP contribution in [0.15, 0.2) is 52.7 Å². The van der Waals surface area contributed by atoms with Crippen LogP contribution in [0.1, 0.15) is 5.56 Å². The number of aryl methyl sites for hydroxylation is 1. The van der Waals surface area contributed by atoms with E-state index in [1.165, 1.54) is 0 Å². The molecule has 1 heterocycles. The summed E-state index contributed by atoms with van der Waals surface area (Å²) >= 11 is 5.97. The smallest absolute Gasteiger partial charge is 0.218 e. The Balaban J connectivity index is 2.09. The van der Waals surface area contributed by atoms with Gasteiger partial charge in [-0.15, -0.1) is 5.11 Å². The van der Waals surface area contributed by atoms with Gasteiger partial charge in [-0.1, -0.05) is 29.8 Å². The van der Waals surface area contributed by atoms with E-state index in [1.54, 1.807) is 18.2 Å². The molecule has 5 heteroatoms. The molecule has 2 aromatic carbocycles. The lowest BCUT2D eigenvalue weighted by Crippen LogP contribution is -1.71. The molecule has 0 atom stereocenters. The van der Waals surface area contributed by atoms with Crippen LogP contribution in [0.2, 0.25) is 5.02 Å². The molecule has 4 nitrogen and oxygen atoms in total. The Hall–Kier alpha value is -2.33. The molecule has 20 heavy (non-hydrogen) atoms. The van der Waals surface area contributed by atoms with Gasteiger partial charge < -0.3 is 10.1 Å². The maximum Gasteiger partial charge on any atom is 0.218 e. The van der Waals surface area contributed by atoms with Crippen LogP contribution in [0.25, 0.3) is 10.9 Å². The number of benzene rings is 2. The molecule has 0 fully saturated rings. The van der Waals surface area contributed by atoms with E-state index in [4.69, 9.17) is 11.6 Å². The summed E-state index contributed by atoms with van der Waals surface area (Å²) < 4.78 is 0. The molecule has 1 aromatic heterocycles. The van der Waals surface area contributed by atoms with Gasteiger partial charge >= 0.3 is 0 Å². The Kier molecular flexibility index (Phi) is 3.16. The lowest BCUT2D eigenvalue weighted by molar-refractivity contribution is 0.459. The first-order valence-electron chi connectivity index (χ1n) is 6.13. The van der Waals surface area contributed by atoms with Gasteiger partial charge in [0.05, 0.1) is 11.2 Å². The van der Waals surface area contributed by atoms with Crippen LogP contribution in [0.4, 0.5) is 11.4 Å². The van der Waals surface area contributed by atoms with Gasteiger partial charge in [0, 0.05) is 10.4 Å². The molecule has 0 unspecified atom stereocenters. The van der Waals surface area contributed by atoms with Crippen LogP contribution in [-0.2, 0) is 0 Å². The quantitative estimate of drug-likeness (QED) is 0.621. The Morgan fingerprint density at radius 3 is 2.70 bits per heavy atom. The number of hydrogen-bond acceptors (Lipinski definition) is 3. The summed E-state index contributed by atoms with van der Waals surface area (Å²) in [4.78, 5) is 2.85. The van der Waals surface area contributed by atoms with Crippen molar-refractivity contribution in [3.05, 3.63) is 53.1 Å². The molecular formula is C15H12ClN3O. The highest BCUT2D eigenvalue weighted by molar-refractivity contribution is 6.31. The highest BCUT2D eigenvalue weighted by Gasteiger charge is 2.10. The Morgan fingerprint density at radius 2 is 1.90 bits per heavy atom. The fourth-order valence-corrected chi connectivity index (χ4v) is 2.19. The van der Waals surface area contributed by atoms with Crippen molar-refractivity contribution in [2.45, 2.75) is 6.92 Å². The van der Waals surface area contributed by atoms with Crippen LogP contribution in [0.5, 0.6) is 5.88 Å². The number of azo groups is 1. The van der Waals surface area contributed by atoms with Gasteiger partial charge in [-0.25, -0.2) is 0 Å². The Bertz CT molecular complexity index is 808. The van der Waals surface area contributed by atoms with Crippen molar-refractivity contribution in [2.24, 2.45) is 10.2 Å². The number of hydrogen-bond donors (Lipinski definition) is 2. The summed E-state index contributed by atoms with van der Waals surface area (Å²) in [6.45, 7) is 1.96. The Morgan fingerprint density at radius 1 is 1.10 bits per heavy atom. The van der Waals surface area contributed by atoms with Crippen molar-refractivity contribution >= 4 is 33.9 Å². The molecule has 0 aliphatic rings. The first-order valence-corrected chi connectivity index (χ1v) is 6.50. The predicted octanol–water partition coefficient (Wildman–Crippen LogP) is 5.25. The van der Waals surface area contributed by atoms with Gasteiger partial charge in [-0.3, -0.25) is 0 Å². The second-order valence-corrected chi connectivity index (χ2v) is 4.94. The van der Waals surface area contributed by atoms with Gasteiger partial charge in [0.25, 0.3) is 0 Å². The Labute approximate surface area is 120 Å². The fraction of sp³-hybridized carbons (Fsp3) is 0.0667. The van der Waals surface area contributed by atoms with Crippen LogP contribution >= 0.6 is 11.6 Å². The fourth-order valence-electron chi connectivity index (χ4n) is 2.02. The average molecular weight is 286 g/mol. The topological polar surface area (TPSA) is 60.7 Å². The second-order valence-electron chi connectivity index (χ2n) is 4.50. The number of H-pyrrole nitrogens is 1. The summed E-state index contributed by atoms with van der Waals surface area (Å²) in [6.07, 6.45) is 0. The summed E-state index contributed by atoms with van der Waals surface area (Å²) in [5, 5.41) is 19.6. The molecule has 100 valence electrons. The van der Waals surface area contributed by atoms with Crippen molar-refractivity contribution in [3.8, 4) is 5.88 Å². The highest BCUT2D eigenvalue weighted by Crippen LogP contribution is 2.37. The first kappa shape index (κ1) is 12.7. The molecule has 0 saturated carbocycles. The molecule has 0 spiro atoms. The molecular weight excluding hydrogens is 274 g/mol. The molecule has 0 bridgehead atoms. The summed E-state index contributed by atoms with van der Waals surface area (Å²) in [7, 11) is 0. The van der Waals surface area contributed by atoms with Crippen LogP contribution in [-0.4, -0.2) is 10.1 Å². The zero-order chi connectivity index (χ0) is 14.1. The van der Waals surface area contributed by atoms with Crippen molar-refractivity contribution in [2.75, 3.05) is 0 Å². The van der Waals surface area contributed by atoms with Crippen molar-refractivity contribution in [3.63, 3.8) is 0 Å². The molecule has 0 saturated heterocycles. The third kappa shape index (κ3) is 2.26. The SMILES string of the molecule is Cc1ccccc1N=Nc1c(O)[nH]c2ccc(Cl)cc12. The van der Waals surface area contributed by atoms with Crippen molar-refractivity contribution in [1.82, 2.24) is 4.98 Å². The lowest BCUT2D eigenvalue weighted by atomic mass is 10.2. The molecule has 0 aliphatic heterocycles. The monoisotopic (exact) mass is 285 g/mol. The number of halogens is 1. The number of aromatic amines is 1. The molecule has 0 radical (unpaired) electrons. The van der Waals surface area contributed by atoms with E-state index in [2.05, 4.69) is 15.2 Å². The van der Waals surface area contributed by atoms with E-state index in [9.17, 15) is 5.11 Å². The van der Waals surface area contributed by atoms with E-state index in [-0.39, 0.29) is 5.88 Å². The minimum absolute atomic E-state index is 0.0143. The summed E-state index contributed by atoms with van der Waals surface area (Å²) in [5.41, 5.74) is 2.95. The number of fused-ring (bicyclic) bond motifs is 1. The number of aromatic nitrogens is 1. The van der Waals surface area contributed by atoms with E-state index in [0.717, 1.165) is 22.2 Å². The van der Waals surface area contributed by atoms with E-state index in [0.29, 0.717) is 10.7 Å². The van der Waals surface area contributed by atoms with Crippen molar-refractivity contribution in [1.29, 1.82) is 0 Å². The van der Waals surface area contributed by atoms with Gasteiger partial charge in [0.15, 0.2) is 5.69 Å². The van der Waals surface area contributed by atoms with Crippen LogP contribution < -0.4 is 0 Å². The highest BCUT2D eigenvalue weighted by atomic mass is 35.5. The average Bonchev–Trinajstić information content (AvgIpc) is 2.73. The van der Waals surface area contributed by atoms with E-state index >= 15 is 0 Å². The minimum Gasteiger partial charge on any atom is -0.493 e. The number of aromatic hydroxyl groups is 1. The number of rotatable bonds is 2. The third-order valence-electron chi connectivity index (χ3n) is 3.09. The van der Waals surface area contributed by atoms with E-state index in [1.807, 2.05) is 31.2 Å². The van der Waals surface area contributed by atoms with Gasteiger partial charge in [0.1, 0.15) is 0 Å². The normalized spacial score (nSPS) is 11.5. The zero-order valence-electron chi connectivity index (χ0n) is 10.8. The minimum atomic E-state index is -0.0143. The lowest BCUT2D eigenvalue weighted by Gasteiger charge is -1.97. The van der Waals surface area contributed by atoms with E-state index < -0.39 is 0 Å². The van der Waals surface area contributed by atoms with Crippen LogP contribution in [0, 0.1) is 6.92 Å². The van der Waals surface area contributed by atoms with Gasteiger partial charge in [0.2, 0.25) is 5.88 Å². The summed E-state index contributed by atoms with van der Waals surface area (Å²) in [5.74, 6) is -0.0143. The van der Waals surface area contributed by atoms with Gasteiger partial charge in [-0.2, -0.15) is 5.11 Å². The molecule has 3 rings (SSSR count). The standard InChI is InChI=1S/C15H12ClN3O/c1-9-4-2-3-5-12(9)18-19-14-11-8-10(16)6-7-13(11)17-15(14)20/h2-8,17,20H,1H3. The first-order chi connectivity index (χ1) is 9.65. The molecule has 0 aliphatic carbocycles. The largest absolute Gasteiger partial charge is 0.493 e. The predicted molar refractivity (Wildman–Crippen MR) is 80.3 cm³/mol. The van der Waals surface area contributed by atoms with Crippen molar-refractivity contribution < 1.29 is 5.11 Å². The van der Waals surface area contributed by atoms with Crippen LogP contribution in [0.3, 0.4) is 0 Å². The van der Waals surface area contributed by atoms with Gasteiger partial charge in [-0.05, 0) is 36.8 Å². The molecule has 3 aromatic rings. The third-order valence-corrected chi connectivity index (χ3v) is 3.32. The number of nitrogens with one attached hydrogen (secondary N) is 1. The maximum absolute atomic E-state index is 9.92. The molecule has 0 amide bonds. The second kappa shape index (κ2) is 4.98. The zero-order valence-corrected chi connectivity index (χ0v) is 11.5. The summed E-state index contributed by atoms with van der Waals surface area (Å²) in [6, 6.07) is 13.0. The maximum atomic E-state index is 9.92. The molecule has 2 N–H and O–H groups in total. The number of nitrogens with zero attached hydrogens (tertiary/aromatic N) is 2.